The van der Waals surface area contributed by atoms with E-state index >= 15 is 0 Å². The van der Waals surface area contributed by atoms with Crippen molar-refractivity contribution in [1.29, 1.82) is 0 Å². The van der Waals surface area contributed by atoms with Crippen LogP contribution in [-0.4, -0.2) is 15.8 Å². The molecular weight excluding hydrogens is 375 g/mol. The molecule has 0 saturated carbocycles. The number of hydrogen-bond donors (Lipinski definition) is 2. The number of hydrogen-bond acceptors (Lipinski definition) is 2. The van der Waals surface area contributed by atoms with E-state index in [1.54, 1.807) is 28.9 Å². The molecule has 0 radical (unpaired) electrons. The van der Waals surface area contributed by atoms with Gasteiger partial charge in [-0.05, 0) is 40.2 Å². The van der Waals surface area contributed by atoms with Crippen molar-refractivity contribution in [3.63, 3.8) is 0 Å². The van der Waals surface area contributed by atoms with Crippen LogP contribution in [0.3, 0.4) is 0 Å². The lowest BCUT2D eigenvalue weighted by molar-refractivity contribution is 0.262. The number of carbonyl (C=O) groups is 1. The van der Waals surface area contributed by atoms with Crippen molar-refractivity contribution in [2.45, 2.75) is 0 Å². The van der Waals surface area contributed by atoms with Gasteiger partial charge in [-0.15, -0.1) is 0 Å². The van der Waals surface area contributed by atoms with E-state index in [4.69, 9.17) is 0 Å². The minimum atomic E-state index is -0.516. The van der Waals surface area contributed by atoms with Gasteiger partial charge in [-0.2, -0.15) is 5.10 Å². The number of para-hydroxylation sites is 1. The number of nitrogens with one attached hydrogen (secondary N) is 2. The fraction of sp³-hybridized carbons (Fsp3) is 0.0588. The summed E-state index contributed by atoms with van der Waals surface area (Å²) >= 11 is 3.46. The third-order valence-electron chi connectivity index (χ3n) is 3.30. The van der Waals surface area contributed by atoms with E-state index in [9.17, 15) is 9.18 Å². The summed E-state index contributed by atoms with van der Waals surface area (Å²) in [5.41, 5.74) is 2.33. The maximum absolute atomic E-state index is 13.6. The summed E-state index contributed by atoms with van der Waals surface area (Å²) in [4.78, 5) is 12.0. The molecule has 0 spiro atoms. The molecule has 0 atom stereocenters. The second-order valence-electron chi connectivity index (χ2n) is 5.14. The number of amides is 2. The second-order valence-corrected chi connectivity index (χ2v) is 5.99. The predicted octanol–water partition coefficient (Wildman–Crippen LogP) is 4.63. The van der Waals surface area contributed by atoms with Crippen molar-refractivity contribution in [3.8, 4) is 11.3 Å². The number of aryl methyl sites for hydroxylation is 1. The summed E-state index contributed by atoms with van der Waals surface area (Å²) in [6, 6.07) is 12.7. The van der Waals surface area contributed by atoms with E-state index in [1.165, 1.54) is 12.1 Å². The summed E-state index contributed by atoms with van der Waals surface area (Å²) in [5.74, 6) is -0.487. The molecule has 5 nitrogen and oxygen atoms in total. The van der Waals surface area contributed by atoms with Crippen LogP contribution >= 0.6 is 15.9 Å². The minimum Gasteiger partial charge on any atom is -0.308 e. The van der Waals surface area contributed by atoms with E-state index in [1.807, 2.05) is 25.4 Å². The number of carbonyl (C=O) groups excluding carboxylic acids is 1. The number of nitrogens with zero attached hydrogens (tertiary/aromatic N) is 2. The third-order valence-corrected chi connectivity index (χ3v) is 3.88. The van der Waals surface area contributed by atoms with Gasteiger partial charge in [0.1, 0.15) is 11.5 Å². The molecule has 24 heavy (non-hydrogen) atoms. The zero-order chi connectivity index (χ0) is 17.1. The number of anilines is 2. The van der Waals surface area contributed by atoms with Crippen LogP contribution in [-0.2, 0) is 7.05 Å². The van der Waals surface area contributed by atoms with Crippen molar-refractivity contribution >= 4 is 33.3 Å². The van der Waals surface area contributed by atoms with Crippen LogP contribution < -0.4 is 10.6 Å². The van der Waals surface area contributed by atoms with Crippen LogP contribution in [0.25, 0.3) is 11.3 Å². The summed E-state index contributed by atoms with van der Waals surface area (Å²) < 4.78 is 16.1. The highest BCUT2D eigenvalue weighted by atomic mass is 79.9. The number of benzene rings is 2. The predicted molar refractivity (Wildman–Crippen MR) is 95.4 cm³/mol. The second kappa shape index (κ2) is 6.84. The van der Waals surface area contributed by atoms with Crippen LogP contribution in [0.2, 0.25) is 0 Å². The van der Waals surface area contributed by atoms with Crippen LogP contribution in [0.5, 0.6) is 0 Å². The van der Waals surface area contributed by atoms with Gasteiger partial charge in [0.25, 0.3) is 0 Å². The highest BCUT2D eigenvalue weighted by molar-refractivity contribution is 9.10. The first-order valence-electron chi connectivity index (χ1n) is 7.15. The van der Waals surface area contributed by atoms with E-state index in [2.05, 4.69) is 31.7 Å². The Kier molecular flexibility index (Phi) is 4.61. The summed E-state index contributed by atoms with van der Waals surface area (Å²) in [6.07, 6.45) is 1.85. The van der Waals surface area contributed by atoms with Gasteiger partial charge in [0.15, 0.2) is 0 Å². The largest absolute Gasteiger partial charge is 0.323 e. The van der Waals surface area contributed by atoms with Gasteiger partial charge in [0.2, 0.25) is 0 Å². The molecular formula is C17H14BrFN4O. The van der Waals surface area contributed by atoms with E-state index in [0.717, 1.165) is 15.7 Å². The van der Waals surface area contributed by atoms with Crippen molar-refractivity contribution in [2.24, 2.45) is 7.05 Å². The average Bonchev–Trinajstić information content (AvgIpc) is 2.88. The molecule has 122 valence electrons. The fourth-order valence-corrected chi connectivity index (χ4v) is 2.85. The number of halogens is 2. The van der Waals surface area contributed by atoms with Crippen LogP contribution in [0.4, 0.5) is 20.6 Å². The monoisotopic (exact) mass is 388 g/mol. The molecule has 2 N–H and O–H groups in total. The van der Waals surface area contributed by atoms with Crippen molar-refractivity contribution in [1.82, 2.24) is 9.78 Å². The number of urea groups is 1. The summed E-state index contributed by atoms with van der Waals surface area (Å²) in [7, 11) is 1.83. The molecule has 1 heterocycles. The van der Waals surface area contributed by atoms with Gasteiger partial charge in [0.05, 0.1) is 10.2 Å². The summed E-state index contributed by atoms with van der Waals surface area (Å²) in [6.45, 7) is 0. The van der Waals surface area contributed by atoms with Gasteiger partial charge in [-0.3, -0.25) is 4.68 Å². The molecule has 0 bridgehead atoms. The number of rotatable bonds is 3. The Morgan fingerprint density at radius 2 is 1.96 bits per heavy atom. The Labute approximate surface area is 146 Å². The molecule has 3 rings (SSSR count). The first-order chi connectivity index (χ1) is 11.5. The highest BCUT2D eigenvalue weighted by Gasteiger charge is 2.10. The van der Waals surface area contributed by atoms with E-state index in [-0.39, 0.29) is 5.69 Å². The molecule has 0 aliphatic carbocycles. The van der Waals surface area contributed by atoms with Gasteiger partial charge in [-0.25, -0.2) is 9.18 Å². The van der Waals surface area contributed by atoms with E-state index in [0.29, 0.717) is 5.69 Å². The molecule has 3 aromatic rings. The molecule has 0 aliphatic heterocycles. The Hall–Kier alpha value is -2.67. The van der Waals surface area contributed by atoms with Crippen LogP contribution in [0.1, 0.15) is 0 Å². The molecule has 0 saturated heterocycles. The van der Waals surface area contributed by atoms with Crippen LogP contribution in [0.15, 0.2) is 59.2 Å². The molecule has 2 amide bonds. The van der Waals surface area contributed by atoms with Gasteiger partial charge in [0, 0.05) is 24.5 Å². The average molecular weight is 389 g/mol. The van der Waals surface area contributed by atoms with Gasteiger partial charge < -0.3 is 10.6 Å². The maximum Gasteiger partial charge on any atom is 0.323 e. The van der Waals surface area contributed by atoms with Gasteiger partial charge in [-0.1, -0.05) is 24.3 Å². The lowest BCUT2D eigenvalue weighted by atomic mass is 10.1. The Balaban J connectivity index is 1.76. The quantitative estimate of drug-likeness (QED) is 0.686. The number of aromatic nitrogens is 2. The molecule has 7 heteroatoms. The standard InChI is InChI=1S/C17H14BrFN4O/c1-23-10-13(18)16(22-23)11-5-4-6-12(9-11)20-17(24)21-15-8-3-2-7-14(15)19/h2-10H,1H3,(H2,20,21,24). The maximum atomic E-state index is 13.6. The zero-order valence-corrected chi connectivity index (χ0v) is 14.3. The first kappa shape index (κ1) is 16.2. The van der Waals surface area contributed by atoms with Crippen LogP contribution in [0, 0.1) is 5.82 Å². The lowest BCUT2D eigenvalue weighted by Gasteiger charge is -2.09. The molecule has 0 aliphatic rings. The van der Waals surface area contributed by atoms with Gasteiger partial charge >= 0.3 is 6.03 Å². The Morgan fingerprint density at radius 1 is 1.17 bits per heavy atom. The Bertz CT molecular complexity index is 894. The lowest BCUT2D eigenvalue weighted by Crippen LogP contribution is -2.20. The highest BCUT2D eigenvalue weighted by Crippen LogP contribution is 2.28. The third kappa shape index (κ3) is 3.62. The van der Waals surface area contributed by atoms with Crippen molar-refractivity contribution < 1.29 is 9.18 Å². The van der Waals surface area contributed by atoms with Crippen molar-refractivity contribution in [3.05, 3.63) is 65.0 Å². The Morgan fingerprint density at radius 3 is 2.67 bits per heavy atom. The summed E-state index contributed by atoms with van der Waals surface area (Å²) in [5, 5.41) is 9.54. The SMILES string of the molecule is Cn1cc(Br)c(-c2cccc(NC(=O)Nc3ccccc3F)c2)n1. The molecule has 0 fully saturated rings. The smallest absolute Gasteiger partial charge is 0.308 e. The van der Waals surface area contributed by atoms with E-state index < -0.39 is 11.8 Å². The minimum absolute atomic E-state index is 0.124. The normalized spacial score (nSPS) is 10.5. The zero-order valence-electron chi connectivity index (χ0n) is 12.8. The molecule has 0 unspecified atom stereocenters. The molecule has 2 aromatic carbocycles. The molecule has 1 aromatic heterocycles. The first-order valence-corrected chi connectivity index (χ1v) is 7.94. The topological polar surface area (TPSA) is 59.0 Å². The fourth-order valence-electron chi connectivity index (χ4n) is 2.25. The van der Waals surface area contributed by atoms with Crippen molar-refractivity contribution in [2.75, 3.05) is 10.6 Å².